The molecule has 146 valence electrons. The van der Waals surface area contributed by atoms with Crippen LogP contribution >= 0.6 is 23.2 Å². The molecule has 0 bridgehead atoms. The lowest BCUT2D eigenvalue weighted by Gasteiger charge is -2.12. The number of allylic oxidation sites excluding steroid dienone is 1. The Morgan fingerprint density at radius 1 is 1.10 bits per heavy atom. The number of halogens is 2. The van der Waals surface area contributed by atoms with Crippen LogP contribution < -0.4 is 0 Å². The van der Waals surface area contributed by atoms with Crippen LogP contribution in [0.25, 0.3) is 22.6 Å². The van der Waals surface area contributed by atoms with Crippen LogP contribution in [0.3, 0.4) is 0 Å². The number of carbonyl (C=O) groups excluding carboxylic acids is 2. The molecule has 0 amide bonds. The highest BCUT2D eigenvalue weighted by molar-refractivity contribution is 6.42. The zero-order chi connectivity index (χ0) is 20.5. The maximum atomic E-state index is 12.8. The molecule has 0 radical (unpaired) electrons. The molecular formula is C23H17Cl2NO3. The summed E-state index contributed by atoms with van der Waals surface area (Å²) in [6, 6.07) is 12.9. The van der Waals surface area contributed by atoms with E-state index in [1.807, 2.05) is 36.4 Å². The van der Waals surface area contributed by atoms with Crippen molar-refractivity contribution in [3.8, 4) is 0 Å². The second-order valence-corrected chi connectivity index (χ2v) is 7.77. The van der Waals surface area contributed by atoms with Gasteiger partial charge in [0.2, 0.25) is 0 Å². The lowest BCUT2D eigenvalue weighted by molar-refractivity contribution is -0.120. The first-order valence-corrected chi connectivity index (χ1v) is 9.94. The zero-order valence-corrected chi connectivity index (χ0v) is 17.2. The Bertz CT molecular complexity index is 1180. The summed E-state index contributed by atoms with van der Waals surface area (Å²) in [6.07, 6.45) is 3.43. The largest absolute Gasteiger partial charge is 0.454 e. The van der Waals surface area contributed by atoms with Crippen molar-refractivity contribution in [2.75, 3.05) is 6.61 Å². The number of esters is 1. The van der Waals surface area contributed by atoms with Gasteiger partial charge in [-0.05, 0) is 60.7 Å². The van der Waals surface area contributed by atoms with Crippen molar-refractivity contribution in [3.63, 3.8) is 0 Å². The van der Waals surface area contributed by atoms with Crippen LogP contribution in [0, 0.1) is 0 Å². The number of benzene rings is 2. The van der Waals surface area contributed by atoms with Gasteiger partial charge in [-0.3, -0.25) is 4.79 Å². The average Bonchev–Trinajstić information content (AvgIpc) is 3.09. The number of hydrogen-bond donors (Lipinski definition) is 0. The third-order valence-corrected chi connectivity index (χ3v) is 5.58. The Morgan fingerprint density at radius 2 is 1.90 bits per heavy atom. The smallest absolute Gasteiger partial charge is 0.339 e. The molecule has 4 nitrogen and oxygen atoms in total. The Hall–Kier alpha value is -2.69. The summed E-state index contributed by atoms with van der Waals surface area (Å²) in [5.41, 5.74) is 4.77. The number of Topliss-reactive ketones (excluding diaryl/α,β-unsaturated/α-hetero) is 1. The molecule has 0 unspecified atom stereocenters. The lowest BCUT2D eigenvalue weighted by atomic mass is 10.0. The molecule has 6 heteroatoms. The summed E-state index contributed by atoms with van der Waals surface area (Å²) >= 11 is 12.2. The van der Waals surface area contributed by atoms with Crippen LogP contribution in [-0.4, -0.2) is 23.3 Å². The van der Waals surface area contributed by atoms with E-state index in [0.29, 0.717) is 27.5 Å². The summed E-state index contributed by atoms with van der Waals surface area (Å²) in [5.74, 6) is -0.695. The second kappa shape index (κ2) is 7.97. The van der Waals surface area contributed by atoms with Gasteiger partial charge in [0.15, 0.2) is 5.78 Å². The molecule has 0 N–H and O–H groups in total. The van der Waals surface area contributed by atoms with Gasteiger partial charge < -0.3 is 4.74 Å². The van der Waals surface area contributed by atoms with E-state index < -0.39 is 5.97 Å². The summed E-state index contributed by atoms with van der Waals surface area (Å²) in [6.45, 7) is 1.15. The maximum Gasteiger partial charge on any atom is 0.339 e. The van der Waals surface area contributed by atoms with Crippen LogP contribution in [0.5, 0.6) is 0 Å². The number of nitrogens with zero attached hydrogens (tertiary/aromatic N) is 1. The molecule has 29 heavy (non-hydrogen) atoms. The van der Waals surface area contributed by atoms with Gasteiger partial charge in [0.25, 0.3) is 0 Å². The highest BCUT2D eigenvalue weighted by Gasteiger charge is 2.27. The van der Waals surface area contributed by atoms with Crippen LogP contribution in [0.2, 0.25) is 10.0 Å². The van der Waals surface area contributed by atoms with E-state index in [1.54, 1.807) is 12.1 Å². The first-order valence-electron chi connectivity index (χ1n) is 9.18. The number of para-hydroxylation sites is 1. The molecule has 0 saturated heterocycles. The van der Waals surface area contributed by atoms with E-state index in [1.165, 1.54) is 6.92 Å². The predicted octanol–water partition coefficient (Wildman–Crippen LogP) is 5.77. The van der Waals surface area contributed by atoms with E-state index >= 15 is 0 Å². The molecule has 4 rings (SSSR count). The Balaban J connectivity index is 1.84. The molecule has 0 saturated carbocycles. The maximum absolute atomic E-state index is 12.8. The molecule has 0 spiro atoms. The monoisotopic (exact) mass is 425 g/mol. The SMILES string of the molecule is CC(=O)COC(=O)c1c2c(nc3ccccc13)C(=Cc1ccc(Cl)c(Cl)c1)CC2. The van der Waals surface area contributed by atoms with E-state index in [4.69, 9.17) is 32.9 Å². The van der Waals surface area contributed by atoms with Gasteiger partial charge in [0.1, 0.15) is 6.61 Å². The van der Waals surface area contributed by atoms with E-state index in [2.05, 4.69) is 0 Å². The van der Waals surface area contributed by atoms with Gasteiger partial charge >= 0.3 is 5.97 Å². The van der Waals surface area contributed by atoms with Gasteiger partial charge in [0, 0.05) is 5.39 Å². The topological polar surface area (TPSA) is 56.3 Å². The number of carbonyl (C=O) groups is 2. The fourth-order valence-corrected chi connectivity index (χ4v) is 3.86. The number of ketones is 1. The number of fused-ring (bicyclic) bond motifs is 2. The predicted molar refractivity (Wildman–Crippen MR) is 115 cm³/mol. The summed E-state index contributed by atoms with van der Waals surface area (Å²) < 4.78 is 5.24. The van der Waals surface area contributed by atoms with Crippen molar-refractivity contribution >= 4 is 57.5 Å². The van der Waals surface area contributed by atoms with Crippen LogP contribution in [0.15, 0.2) is 42.5 Å². The van der Waals surface area contributed by atoms with Crippen molar-refractivity contribution in [2.45, 2.75) is 19.8 Å². The molecular weight excluding hydrogens is 409 g/mol. The summed E-state index contributed by atoms with van der Waals surface area (Å²) in [4.78, 5) is 28.9. The van der Waals surface area contributed by atoms with Crippen molar-refractivity contribution in [1.29, 1.82) is 0 Å². The standard InChI is InChI=1S/C23H17Cl2NO3/c1-13(27)12-29-23(28)21-16-4-2-3-5-20(16)26-22-15(7-8-17(21)22)10-14-6-9-18(24)19(25)11-14/h2-6,9-11H,7-8,12H2,1H3. The van der Waals surface area contributed by atoms with Gasteiger partial charge in [0.05, 0.1) is 26.8 Å². The summed E-state index contributed by atoms with van der Waals surface area (Å²) in [5, 5.41) is 1.72. The second-order valence-electron chi connectivity index (χ2n) is 6.95. The van der Waals surface area contributed by atoms with E-state index in [-0.39, 0.29) is 12.4 Å². The molecule has 1 aliphatic rings. The molecule has 2 aromatic carbocycles. The minimum absolute atomic E-state index is 0.200. The van der Waals surface area contributed by atoms with Gasteiger partial charge in [-0.1, -0.05) is 47.5 Å². The fraction of sp³-hybridized carbons (Fsp3) is 0.174. The van der Waals surface area contributed by atoms with E-state index in [9.17, 15) is 9.59 Å². The van der Waals surface area contributed by atoms with E-state index in [0.717, 1.165) is 34.2 Å². The molecule has 1 heterocycles. The molecule has 0 aliphatic heterocycles. The minimum atomic E-state index is -0.495. The molecule has 3 aromatic rings. The lowest BCUT2D eigenvalue weighted by Crippen LogP contribution is -2.14. The highest BCUT2D eigenvalue weighted by atomic mass is 35.5. The first kappa shape index (κ1) is 19.6. The van der Waals surface area contributed by atoms with Crippen molar-refractivity contribution < 1.29 is 14.3 Å². The zero-order valence-electron chi connectivity index (χ0n) is 15.7. The first-order chi connectivity index (χ1) is 13.9. The summed E-state index contributed by atoms with van der Waals surface area (Å²) in [7, 11) is 0. The Morgan fingerprint density at radius 3 is 2.66 bits per heavy atom. The molecule has 0 fully saturated rings. The van der Waals surface area contributed by atoms with Gasteiger partial charge in [-0.25, -0.2) is 9.78 Å². The van der Waals surface area contributed by atoms with Gasteiger partial charge in [-0.15, -0.1) is 0 Å². The van der Waals surface area contributed by atoms with Crippen LogP contribution in [-0.2, 0) is 16.0 Å². The number of ether oxygens (including phenoxy) is 1. The average molecular weight is 426 g/mol. The number of aromatic nitrogens is 1. The number of hydrogen-bond acceptors (Lipinski definition) is 4. The Kier molecular flexibility index (Phi) is 5.39. The third-order valence-electron chi connectivity index (χ3n) is 4.84. The minimum Gasteiger partial charge on any atom is -0.454 e. The molecule has 1 aliphatic carbocycles. The number of rotatable bonds is 4. The molecule has 0 atom stereocenters. The van der Waals surface area contributed by atoms with Gasteiger partial charge in [-0.2, -0.15) is 0 Å². The fourth-order valence-electron chi connectivity index (χ4n) is 3.55. The van der Waals surface area contributed by atoms with Crippen molar-refractivity contribution in [2.24, 2.45) is 0 Å². The number of pyridine rings is 1. The van der Waals surface area contributed by atoms with Crippen LogP contribution in [0.1, 0.15) is 40.5 Å². The third kappa shape index (κ3) is 3.91. The Labute approximate surface area is 178 Å². The molecule has 1 aromatic heterocycles. The normalized spacial score (nSPS) is 14.2. The highest BCUT2D eigenvalue weighted by Crippen LogP contribution is 2.38. The quantitative estimate of drug-likeness (QED) is 0.497. The van der Waals surface area contributed by atoms with Crippen molar-refractivity contribution in [1.82, 2.24) is 4.98 Å². The van der Waals surface area contributed by atoms with Crippen LogP contribution in [0.4, 0.5) is 0 Å². The van der Waals surface area contributed by atoms with Crippen molar-refractivity contribution in [3.05, 3.63) is 74.9 Å².